The summed E-state index contributed by atoms with van der Waals surface area (Å²) in [4.78, 5) is 22.9. The molecule has 4 aromatic carbocycles. The fourth-order valence-electron chi connectivity index (χ4n) is 7.78. The van der Waals surface area contributed by atoms with Crippen LogP contribution in [0.1, 0.15) is 73.4 Å². The van der Waals surface area contributed by atoms with Crippen molar-refractivity contribution in [2.45, 2.75) is 64.3 Å². The number of aromatic nitrogens is 2. The maximum Gasteiger partial charge on any atom is 0.408 e. The van der Waals surface area contributed by atoms with Gasteiger partial charge in [-0.05, 0) is 47.6 Å². The molecule has 1 atom stereocenters. The molecular weight excluding hydrogens is 606 g/mol. The van der Waals surface area contributed by atoms with Gasteiger partial charge in [-0.1, -0.05) is 142 Å². The van der Waals surface area contributed by atoms with Crippen molar-refractivity contribution in [2.75, 3.05) is 20.1 Å². The molecule has 2 N–H and O–H groups in total. The van der Waals surface area contributed by atoms with Gasteiger partial charge in [-0.2, -0.15) is 0 Å². The minimum atomic E-state index is -0.897. The van der Waals surface area contributed by atoms with E-state index >= 15 is 0 Å². The summed E-state index contributed by atoms with van der Waals surface area (Å²) in [6, 6.07) is 41.6. The first kappa shape index (κ1) is 34.2. The van der Waals surface area contributed by atoms with Crippen molar-refractivity contribution < 1.29 is 9.90 Å². The van der Waals surface area contributed by atoms with Crippen molar-refractivity contribution >= 4 is 6.09 Å². The molecular formula is C42H49N5O2. The Kier molecular flexibility index (Phi) is 10.3. The normalized spacial score (nSPS) is 15.2. The highest BCUT2D eigenvalue weighted by molar-refractivity contribution is 5.66. The first-order valence-electron chi connectivity index (χ1n) is 17.4. The summed E-state index contributed by atoms with van der Waals surface area (Å²) in [6.07, 6.45) is 2.79. The molecule has 6 rings (SSSR count). The van der Waals surface area contributed by atoms with Gasteiger partial charge < -0.3 is 15.0 Å². The van der Waals surface area contributed by atoms with Crippen LogP contribution in [0.3, 0.4) is 0 Å². The quantitative estimate of drug-likeness (QED) is 0.141. The molecule has 0 bridgehead atoms. The number of piperidine rings is 1. The Bertz CT molecular complexity index is 1680. The SMILES string of the molecule is CNCc1nc(C(N(C(=O)O)C2CCN(Cc3ccccc3)CC2)C(C)(C)C)cn1C(c1ccccc1)(c1ccccc1)c1ccccc1. The lowest BCUT2D eigenvalue weighted by Gasteiger charge is -2.45. The summed E-state index contributed by atoms with van der Waals surface area (Å²) in [5.41, 5.74) is 4.15. The second-order valence-electron chi connectivity index (χ2n) is 14.2. The van der Waals surface area contributed by atoms with Crippen molar-refractivity contribution in [3.8, 4) is 0 Å². The third kappa shape index (κ3) is 7.05. The third-order valence-corrected chi connectivity index (χ3v) is 9.87. The summed E-state index contributed by atoms with van der Waals surface area (Å²) in [6.45, 7) is 9.48. The molecule has 7 heteroatoms. The molecule has 5 aromatic rings. The van der Waals surface area contributed by atoms with Gasteiger partial charge in [0, 0.05) is 31.9 Å². The van der Waals surface area contributed by atoms with Crippen LogP contribution in [-0.2, 0) is 18.6 Å². The first-order chi connectivity index (χ1) is 23.7. The van der Waals surface area contributed by atoms with Gasteiger partial charge in [0.15, 0.2) is 0 Å². The van der Waals surface area contributed by atoms with Crippen LogP contribution < -0.4 is 5.32 Å². The molecule has 1 fully saturated rings. The number of amides is 1. The van der Waals surface area contributed by atoms with Crippen LogP contribution in [-0.4, -0.2) is 56.7 Å². The number of carboxylic acid groups (broad SMARTS) is 1. The summed E-state index contributed by atoms with van der Waals surface area (Å²) in [5, 5.41) is 14.3. The zero-order chi connectivity index (χ0) is 34.4. The summed E-state index contributed by atoms with van der Waals surface area (Å²) in [5.74, 6) is 0.839. The summed E-state index contributed by atoms with van der Waals surface area (Å²) >= 11 is 0. The number of imidazole rings is 1. The predicted molar refractivity (Wildman–Crippen MR) is 196 cm³/mol. The van der Waals surface area contributed by atoms with E-state index in [9.17, 15) is 9.90 Å². The number of carbonyl (C=O) groups is 1. The molecule has 0 spiro atoms. The lowest BCUT2D eigenvalue weighted by atomic mass is 9.76. The van der Waals surface area contributed by atoms with E-state index in [-0.39, 0.29) is 6.04 Å². The molecule has 1 aromatic heterocycles. The Labute approximate surface area is 291 Å². The van der Waals surface area contributed by atoms with Crippen molar-refractivity contribution in [2.24, 2.45) is 5.41 Å². The second kappa shape index (κ2) is 14.8. The van der Waals surface area contributed by atoms with Crippen molar-refractivity contribution in [1.82, 2.24) is 24.7 Å². The Morgan fingerprint density at radius 3 is 1.71 bits per heavy atom. The fourth-order valence-corrected chi connectivity index (χ4v) is 7.78. The largest absolute Gasteiger partial charge is 0.465 e. The van der Waals surface area contributed by atoms with Gasteiger partial charge in [0.25, 0.3) is 0 Å². The van der Waals surface area contributed by atoms with Crippen LogP contribution in [0.5, 0.6) is 0 Å². The molecule has 0 saturated carbocycles. The van der Waals surface area contributed by atoms with Crippen LogP contribution in [0.2, 0.25) is 0 Å². The highest BCUT2D eigenvalue weighted by Crippen LogP contribution is 2.45. The van der Waals surface area contributed by atoms with Gasteiger partial charge >= 0.3 is 6.09 Å². The van der Waals surface area contributed by atoms with E-state index < -0.39 is 23.1 Å². The Morgan fingerprint density at radius 1 is 0.816 bits per heavy atom. The van der Waals surface area contributed by atoms with Crippen molar-refractivity contribution in [1.29, 1.82) is 0 Å². The van der Waals surface area contributed by atoms with Crippen LogP contribution in [0.25, 0.3) is 0 Å². The Balaban J connectivity index is 1.47. The molecule has 1 saturated heterocycles. The van der Waals surface area contributed by atoms with E-state index in [0.717, 1.165) is 60.7 Å². The molecule has 254 valence electrons. The van der Waals surface area contributed by atoms with Gasteiger partial charge in [-0.25, -0.2) is 9.78 Å². The second-order valence-corrected chi connectivity index (χ2v) is 14.2. The average Bonchev–Trinajstić information content (AvgIpc) is 3.52. The number of rotatable bonds is 11. The van der Waals surface area contributed by atoms with Gasteiger partial charge in [0.2, 0.25) is 0 Å². The van der Waals surface area contributed by atoms with Gasteiger partial charge in [-0.3, -0.25) is 9.80 Å². The minimum absolute atomic E-state index is 0.117. The number of nitrogens with one attached hydrogen (secondary N) is 1. The molecule has 0 radical (unpaired) electrons. The lowest BCUT2D eigenvalue weighted by molar-refractivity contribution is 0.0270. The number of likely N-dealkylation sites (tertiary alicyclic amines) is 1. The van der Waals surface area contributed by atoms with E-state index in [0.29, 0.717) is 6.54 Å². The Morgan fingerprint density at radius 2 is 1.29 bits per heavy atom. The molecule has 7 nitrogen and oxygen atoms in total. The van der Waals surface area contributed by atoms with Crippen LogP contribution in [0.15, 0.2) is 128 Å². The van der Waals surface area contributed by atoms with Crippen LogP contribution in [0, 0.1) is 5.41 Å². The van der Waals surface area contributed by atoms with Gasteiger partial charge in [-0.15, -0.1) is 0 Å². The number of hydrogen-bond acceptors (Lipinski definition) is 4. The average molecular weight is 656 g/mol. The molecule has 1 aliphatic heterocycles. The van der Waals surface area contributed by atoms with Gasteiger partial charge in [0.1, 0.15) is 11.4 Å². The molecule has 1 amide bonds. The topological polar surface area (TPSA) is 73.6 Å². The fraction of sp³-hybridized carbons (Fsp3) is 0.333. The maximum atomic E-state index is 13.4. The monoisotopic (exact) mass is 655 g/mol. The number of nitrogens with zero attached hydrogens (tertiary/aromatic N) is 4. The van der Waals surface area contributed by atoms with E-state index in [1.165, 1.54) is 5.56 Å². The molecule has 2 heterocycles. The van der Waals surface area contributed by atoms with Crippen molar-refractivity contribution in [3.05, 3.63) is 161 Å². The first-order valence-corrected chi connectivity index (χ1v) is 17.4. The summed E-state index contributed by atoms with van der Waals surface area (Å²) < 4.78 is 2.29. The van der Waals surface area contributed by atoms with Crippen LogP contribution in [0.4, 0.5) is 4.79 Å². The van der Waals surface area contributed by atoms with Crippen LogP contribution >= 0.6 is 0 Å². The van der Waals surface area contributed by atoms with E-state index in [1.54, 1.807) is 4.90 Å². The standard InChI is InChI=1S/C42H49N5O2/c1-41(2,3)39(47(40(48)49)36-25-27-45(28-26-36)30-32-17-9-5-10-18-32)37-31-46(38(44-37)29-43-4)42(33-19-11-6-12-20-33,34-21-13-7-14-22-34)35-23-15-8-16-24-35/h5-24,31,36,39,43H,25-30H2,1-4H3,(H,48,49). The molecule has 1 aliphatic rings. The molecule has 1 unspecified atom stereocenters. The number of hydrogen-bond donors (Lipinski definition) is 2. The smallest absolute Gasteiger partial charge is 0.408 e. The Hall–Kier alpha value is -4.72. The zero-order valence-electron chi connectivity index (χ0n) is 29.2. The van der Waals surface area contributed by atoms with E-state index in [1.807, 2.05) is 31.3 Å². The highest BCUT2D eigenvalue weighted by Gasteiger charge is 2.45. The van der Waals surface area contributed by atoms with Crippen molar-refractivity contribution in [3.63, 3.8) is 0 Å². The molecule has 0 aliphatic carbocycles. The van der Waals surface area contributed by atoms with E-state index in [4.69, 9.17) is 4.98 Å². The maximum absolute atomic E-state index is 13.4. The summed E-state index contributed by atoms with van der Waals surface area (Å²) in [7, 11) is 1.93. The van der Waals surface area contributed by atoms with Gasteiger partial charge in [0.05, 0.1) is 18.3 Å². The third-order valence-electron chi connectivity index (χ3n) is 9.87. The minimum Gasteiger partial charge on any atom is -0.465 e. The lowest BCUT2D eigenvalue weighted by Crippen LogP contribution is -2.51. The highest BCUT2D eigenvalue weighted by atomic mass is 16.4. The molecule has 49 heavy (non-hydrogen) atoms. The predicted octanol–water partition coefficient (Wildman–Crippen LogP) is 8.17. The number of benzene rings is 4. The zero-order valence-corrected chi connectivity index (χ0v) is 29.2. The van der Waals surface area contributed by atoms with E-state index in [2.05, 4.69) is 139 Å².